The summed E-state index contributed by atoms with van der Waals surface area (Å²) < 4.78 is 27.9. The van der Waals surface area contributed by atoms with Gasteiger partial charge in [-0.25, -0.2) is 4.98 Å². The molecule has 1 aliphatic heterocycles. The van der Waals surface area contributed by atoms with E-state index in [-0.39, 0.29) is 46.4 Å². The van der Waals surface area contributed by atoms with Gasteiger partial charge in [-0.15, -0.1) is 0 Å². The predicted molar refractivity (Wildman–Crippen MR) is 171 cm³/mol. The number of para-hydroxylation sites is 1. The van der Waals surface area contributed by atoms with Gasteiger partial charge in [0.25, 0.3) is 5.69 Å². The van der Waals surface area contributed by atoms with E-state index < -0.39 is 27.8 Å². The molecule has 236 valence electrons. The van der Waals surface area contributed by atoms with Crippen LogP contribution in [0, 0.1) is 10.1 Å². The van der Waals surface area contributed by atoms with Crippen LogP contribution in [0.2, 0.25) is 36.3 Å². The van der Waals surface area contributed by atoms with Gasteiger partial charge in [0.05, 0.1) is 29.5 Å². The summed E-state index contributed by atoms with van der Waals surface area (Å²) in [6.45, 7) is 22.6. The van der Waals surface area contributed by atoms with Crippen LogP contribution in [-0.4, -0.2) is 59.9 Å². The smallest absolute Gasteiger partial charge is 0.276 e. The van der Waals surface area contributed by atoms with Crippen LogP contribution in [0.3, 0.4) is 0 Å². The zero-order valence-electron chi connectivity index (χ0n) is 27.0. The van der Waals surface area contributed by atoms with Gasteiger partial charge >= 0.3 is 0 Å². The van der Waals surface area contributed by atoms with Gasteiger partial charge in [0.2, 0.25) is 11.8 Å². The van der Waals surface area contributed by atoms with E-state index in [0.717, 1.165) is 0 Å². The summed E-state index contributed by atoms with van der Waals surface area (Å²) in [5, 5.41) is 11.5. The molecule has 1 aromatic carbocycles. The van der Waals surface area contributed by atoms with E-state index in [1.54, 1.807) is 24.5 Å². The average molecular weight is 631 g/mol. The van der Waals surface area contributed by atoms with Gasteiger partial charge < -0.3 is 24.1 Å². The lowest BCUT2D eigenvalue weighted by atomic mass is 10.2. The quantitative estimate of drug-likeness (QED) is 0.147. The molecule has 0 amide bonds. The van der Waals surface area contributed by atoms with Crippen LogP contribution in [0.15, 0.2) is 30.6 Å². The molecule has 43 heavy (non-hydrogen) atoms. The Morgan fingerprint density at radius 2 is 1.72 bits per heavy atom. The summed E-state index contributed by atoms with van der Waals surface area (Å²) in [7, 11) is -4.16. The lowest BCUT2D eigenvalue weighted by Gasteiger charge is -2.40. The van der Waals surface area contributed by atoms with E-state index in [9.17, 15) is 10.1 Å². The molecule has 0 spiro atoms. The monoisotopic (exact) mass is 630 g/mol. The fourth-order valence-corrected chi connectivity index (χ4v) is 6.75. The molecule has 1 unspecified atom stereocenters. The highest BCUT2D eigenvalue weighted by Gasteiger charge is 2.47. The summed E-state index contributed by atoms with van der Waals surface area (Å²) in [5.41, 5.74) is 7.30. The Morgan fingerprint density at radius 1 is 1.07 bits per heavy atom. The van der Waals surface area contributed by atoms with Crippen LogP contribution in [0.25, 0.3) is 11.2 Å². The van der Waals surface area contributed by atoms with Gasteiger partial charge in [-0.3, -0.25) is 14.7 Å². The SMILES string of the molecule is CC(C)(C)[Si](C)(C)OC[C@H]1O[C@@H](n2cnc3c(OCc4ccccc4[N+](=O)[O-])nc(N)nc32)CC1O[Si](C)(C)C(C)(C)C. The van der Waals surface area contributed by atoms with Gasteiger partial charge in [0, 0.05) is 12.5 Å². The standard InChI is InChI=1S/C29H46N6O6Si2/c1-28(2,3)42(7,8)39-17-22-21(41-43(9,10)29(4,5)6)15-23(40-22)34-18-31-24-25(34)32-27(30)33-26(24)38-16-19-13-11-12-14-20(19)35(36)37/h11-14,18,21-23H,15-17H2,1-10H3,(H2,30,32,33)/t21?,22-,23-/m1/s1. The number of nitro groups is 1. The maximum Gasteiger partial charge on any atom is 0.276 e. The Balaban J connectivity index is 1.62. The molecule has 0 saturated carbocycles. The van der Waals surface area contributed by atoms with Crippen LogP contribution >= 0.6 is 0 Å². The van der Waals surface area contributed by atoms with Crippen LogP contribution in [-0.2, 0) is 20.2 Å². The van der Waals surface area contributed by atoms with Crippen molar-refractivity contribution >= 4 is 39.4 Å². The summed E-state index contributed by atoms with van der Waals surface area (Å²) in [6.07, 6.45) is 1.34. The molecule has 0 aliphatic carbocycles. The van der Waals surface area contributed by atoms with Crippen molar-refractivity contribution in [3.8, 4) is 5.88 Å². The van der Waals surface area contributed by atoms with Gasteiger partial charge in [-0.1, -0.05) is 53.7 Å². The number of rotatable bonds is 10. The van der Waals surface area contributed by atoms with E-state index in [0.29, 0.717) is 29.8 Å². The third-order valence-electron chi connectivity index (χ3n) is 9.12. The highest BCUT2D eigenvalue weighted by Crippen LogP contribution is 2.43. The van der Waals surface area contributed by atoms with Crippen molar-refractivity contribution in [3.63, 3.8) is 0 Å². The molecule has 1 aliphatic rings. The highest BCUT2D eigenvalue weighted by molar-refractivity contribution is 6.74. The number of ether oxygens (including phenoxy) is 2. The second-order valence-electron chi connectivity index (χ2n) is 14.2. The van der Waals surface area contributed by atoms with E-state index in [2.05, 4.69) is 82.7 Å². The number of aromatic nitrogens is 4. The van der Waals surface area contributed by atoms with E-state index >= 15 is 0 Å². The van der Waals surface area contributed by atoms with E-state index in [4.69, 9.17) is 24.1 Å². The maximum atomic E-state index is 11.5. The lowest BCUT2D eigenvalue weighted by Crippen LogP contribution is -2.48. The summed E-state index contributed by atoms with van der Waals surface area (Å²) in [6, 6.07) is 6.40. The zero-order valence-corrected chi connectivity index (χ0v) is 29.0. The Bertz CT molecular complexity index is 1470. The molecule has 14 heteroatoms. The highest BCUT2D eigenvalue weighted by atomic mass is 28.4. The molecule has 3 heterocycles. The fourth-order valence-electron chi connectivity index (χ4n) is 4.38. The largest absolute Gasteiger partial charge is 0.471 e. The minimum Gasteiger partial charge on any atom is -0.471 e. The molecule has 1 fully saturated rings. The zero-order chi connectivity index (χ0) is 32.0. The Kier molecular flexibility index (Phi) is 9.11. The van der Waals surface area contributed by atoms with Gasteiger partial charge in [0.15, 0.2) is 27.8 Å². The average Bonchev–Trinajstić information content (AvgIpc) is 3.48. The molecular weight excluding hydrogens is 585 g/mol. The first-order chi connectivity index (χ1) is 19.8. The molecule has 12 nitrogen and oxygen atoms in total. The lowest BCUT2D eigenvalue weighted by molar-refractivity contribution is -0.385. The van der Waals surface area contributed by atoms with Crippen molar-refractivity contribution < 1.29 is 23.2 Å². The number of imidazole rings is 1. The number of hydrogen-bond acceptors (Lipinski definition) is 10. The first-order valence-electron chi connectivity index (χ1n) is 14.6. The van der Waals surface area contributed by atoms with Crippen molar-refractivity contribution in [2.45, 2.75) is 109 Å². The number of nitrogen functional groups attached to an aromatic ring is 1. The number of nitro benzene ring substituents is 1. The Hall–Kier alpha value is -2.92. The van der Waals surface area contributed by atoms with Crippen molar-refractivity contribution in [3.05, 3.63) is 46.3 Å². The van der Waals surface area contributed by atoms with Crippen LogP contribution in [0.1, 0.15) is 59.8 Å². The molecule has 2 N–H and O–H groups in total. The normalized spacial score (nSPS) is 20.1. The minimum absolute atomic E-state index is 0.00306. The summed E-state index contributed by atoms with van der Waals surface area (Å²) in [5.74, 6) is 0.140. The molecule has 3 atom stereocenters. The molecular formula is C29H46N6O6Si2. The maximum absolute atomic E-state index is 11.5. The Labute approximate surface area is 255 Å². The van der Waals surface area contributed by atoms with E-state index in [1.807, 2.05) is 4.57 Å². The minimum atomic E-state index is -2.13. The van der Waals surface area contributed by atoms with Crippen LogP contribution in [0.4, 0.5) is 11.6 Å². The number of nitrogens with zero attached hydrogens (tertiary/aromatic N) is 5. The van der Waals surface area contributed by atoms with E-state index in [1.165, 1.54) is 6.07 Å². The van der Waals surface area contributed by atoms with Gasteiger partial charge in [0.1, 0.15) is 18.9 Å². The predicted octanol–water partition coefficient (Wildman–Crippen LogP) is 6.60. The first-order valence-corrected chi connectivity index (χ1v) is 20.4. The van der Waals surface area contributed by atoms with Crippen LogP contribution in [0.5, 0.6) is 5.88 Å². The summed E-state index contributed by atoms with van der Waals surface area (Å²) in [4.78, 5) is 24.3. The molecule has 4 rings (SSSR count). The number of anilines is 1. The topological polar surface area (TPSA) is 150 Å². The molecule has 0 bridgehead atoms. The third kappa shape index (κ3) is 7.09. The first kappa shape index (κ1) is 33.0. The molecule has 0 radical (unpaired) electrons. The van der Waals surface area contributed by atoms with Crippen molar-refractivity contribution in [1.29, 1.82) is 0 Å². The van der Waals surface area contributed by atoms with Crippen molar-refractivity contribution in [2.75, 3.05) is 12.3 Å². The summed E-state index contributed by atoms with van der Waals surface area (Å²) >= 11 is 0. The fraction of sp³-hybridized carbons (Fsp3) is 0.621. The molecule has 3 aromatic rings. The van der Waals surface area contributed by atoms with Crippen molar-refractivity contribution in [1.82, 2.24) is 19.5 Å². The second kappa shape index (κ2) is 11.9. The Morgan fingerprint density at radius 3 is 2.35 bits per heavy atom. The second-order valence-corrected chi connectivity index (χ2v) is 23.8. The molecule has 2 aromatic heterocycles. The van der Waals surface area contributed by atoms with Gasteiger partial charge in [-0.2, -0.15) is 9.97 Å². The third-order valence-corrected chi connectivity index (χ3v) is 18.1. The number of hydrogen-bond donors (Lipinski definition) is 1. The number of nitrogens with two attached hydrogens (primary N) is 1. The number of fused-ring (bicyclic) bond motifs is 1. The van der Waals surface area contributed by atoms with Crippen molar-refractivity contribution in [2.24, 2.45) is 0 Å². The molecule has 1 saturated heterocycles. The number of benzene rings is 1. The van der Waals surface area contributed by atoms with Gasteiger partial charge in [-0.05, 0) is 42.3 Å². The van der Waals surface area contributed by atoms with Crippen LogP contribution < -0.4 is 10.5 Å².